The van der Waals surface area contributed by atoms with Crippen LogP contribution < -0.4 is 0 Å². The molecule has 0 aliphatic carbocycles. The van der Waals surface area contributed by atoms with E-state index in [1.165, 1.54) is 5.56 Å². The SMILES string of the molecule is CCc1ccc(CC(=O)C2CCOC2C)nc1. The van der Waals surface area contributed by atoms with Gasteiger partial charge in [-0.3, -0.25) is 9.78 Å². The van der Waals surface area contributed by atoms with Crippen molar-refractivity contribution in [2.24, 2.45) is 5.92 Å². The summed E-state index contributed by atoms with van der Waals surface area (Å²) in [5.74, 6) is 0.314. The monoisotopic (exact) mass is 233 g/mol. The van der Waals surface area contributed by atoms with Crippen LogP contribution in [0.4, 0.5) is 0 Å². The second-order valence-electron chi connectivity index (χ2n) is 4.63. The molecule has 1 aromatic rings. The summed E-state index contributed by atoms with van der Waals surface area (Å²) < 4.78 is 5.42. The maximum atomic E-state index is 12.1. The predicted molar refractivity (Wildman–Crippen MR) is 65.8 cm³/mol. The Bertz CT molecular complexity index is 386. The van der Waals surface area contributed by atoms with Crippen molar-refractivity contribution in [3.8, 4) is 0 Å². The topological polar surface area (TPSA) is 39.2 Å². The molecule has 17 heavy (non-hydrogen) atoms. The van der Waals surface area contributed by atoms with Gasteiger partial charge in [0.05, 0.1) is 6.10 Å². The molecular formula is C14H19NO2. The van der Waals surface area contributed by atoms with E-state index in [4.69, 9.17) is 4.74 Å². The Balaban J connectivity index is 1.97. The predicted octanol–water partition coefficient (Wildman–Crippen LogP) is 2.18. The molecule has 2 atom stereocenters. The smallest absolute Gasteiger partial charge is 0.144 e. The van der Waals surface area contributed by atoms with Crippen molar-refractivity contribution < 1.29 is 9.53 Å². The van der Waals surface area contributed by atoms with Gasteiger partial charge >= 0.3 is 0 Å². The zero-order valence-electron chi connectivity index (χ0n) is 10.5. The van der Waals surface area contributed by atoms with Crippen LogP contribution in [0.25, 0.3) is 0 Å². The summed E-state index contributed by atoms with van der Waals surface area (Å²) in [6, 6.07) is 4.00. The van der Waals surface area contributed by atoms with Crippen LogP contribution in [0.15, 0.2) is 18.3 Å². The van der Waals surface area contributed by atoms with Crippen LogP contribution in [-0.2, 0) is 22.4 Å². The van der Waals surface area contributed by atoms with Gasteiger partial charge in [-0.1, -0.05) is 13.0 Å². The number of carbonyl (C=O) groups excluding carboxylic acids is 1. The number of Topliss-reactive ketones (excluding diaryl/α,β-unsaturated/α-hetero) is 1. The summed E-state index contributed by atoms with van der Waals surface area (Å²) >= 11 is 0. The average Bonchev–Trinajstić information content (AvgIpc) is 2.76. The van der Waals surface area contributed by atoms with Crippen LogP contribution in [0.2, 0.25) is 0 Å². The molecule has 2 unspecified atom stereocenters. The third kappa shape index (κ3) is 2.91. The number of ether oxygens (including phenoxy) is 1. The molecule has 0 saturated carbocycles. The second-order valence-corrected chi connectivity index (χ2v) is 4.63. The minimum Gasteiger partial charge on any atom is -0.378 e. The van der Waals surface area contributed by atoms with E-state index in [0.717, 1.165) is 18.5 Å². The maximum Gasteiger partial charge on any atom is 0.144 e. The summed E-state index contributed by atoms with van der Waals surface area (Å²) in [4.78, 5) is 16.4. The molecule has 1 aliphatic rings. The Labute approximate surface area is 102 Å². The number of rotatable bonds is 4. The van der Waals surface area contributed by atoms with Crippen molar-refractivity contribution in [1.29, 1.82) is 0 Å². The van der Waals surface area contributed by atoms with E-state index in [-0.39, 0.29) is 17.8 Å². The van der Waals surface area contributed by atoms with Gasteiger partial charge in [-0.15, -0.1) is 0 Å². The van der Waals surface area contributed by atoms with Crippen molar-refractivity contribution in [3.63, 3.8) is 0 Å². The van der Waals surface area contributed by atoms with Crippen LogP contribution in [0.5, 0.6) is 0 Å². The van der Waals surface area contributed by atoms with Gasteiger partial charge in [-0.05, 0) is 31.4 Å². The lowest BCUT2D eigenvalue weighted by atomic mass is 9.94. The van der Waals surface area contributed by atoms with Crippen molar-refractivity contribution in [2.75, 3.05) is 6.61 Å². The Hall–Kier alpha value is -1.22. The fraction of sp³-hybridized carbons (Fsp3) is 0.571. The molecule has 1 fully saturated rings. The molecule has 1 saturated heterocycles. The molecular weight excluding hydrogens is 214 g/mol. The minimum atomic E-state index is 0.0580. The molecule has 3 nitrogen and oxygen atoms in total. The molecule has 0 spiro atoms. The number of hydrogen-bond acceptors (Lipinski definition) is 3. The van der Waals surface area contributed by atoms with Crippen molar-refractivity contribution >= 4 is 5.78 Å². The van der Waals surface area contributed by atoms with Gasteiger partial charge < -0.3 is 4.74 Å². The highest BCUT2D eigenvalue weighted by atomic mass is 16.5. The number of aryl methyl sites for hydroxylation is 1. The number of aromatic nitrogens is 1. The highest BCUT2D eigenvalue weighted by Gasteiger charge is 2.30. The van der Waals surface area contributed by atoms with Gasteiger partial charge in [0.15, 0.2) is 0 Å². The summed E-state index contributed by atoms with van der Waals surface area (Å²) in [5.41, 5.74) is 2.07. The standard InChI is InChI=1S/C14H19NO2/c1-3-11-4-5-12(15-9-11)8-14(16)13-6-7-17-10(13)2/h4-5,9-10,13H,3,6-8H2,1-2H3. The molecule has 1 aliphatic heterocycles. The zero-order valence-corrected chi connectivity index (χ0v) is 10.5. The van der Waals surface area contributed by atoms with Crippen molar-refractivity contribution in [3.05, 3.63) is 29.6 Å². The van der Waals surface area contributed by atoms with Crippen LogP contribution >= 0.6 is 0 Å². The number of pyridine rings is 1. The Morgan fingerprint density at radius 1 is 1.53 bits per heavy atom. The number of nitrogens with zero attached hydrogens (tertiary/aromatic N) is 1. The summed E-state index contributed by atoms with van der Waals surface area (Å²) in [6.07, 6.45) is 4.19. The van der Waals surface area contributed by atoms with Crippen molar-refractivity contribution in [1.82, 2.24) is 4.98 Å². The average molecular weight is 233 g/mol. The lowest BCUT2D eigenvalue weighted by Gasteiger charge is -2.12. The van der Waals surface area contributed by atoms with Gasteiger partial charge in [0.2, 0.25) is 0 Å². The lowest BCUT2D eigenvalue weighted by molar-refractivity contribution is -0.123. The normalized spacial score (nSPS) is 23.9. The number of hydrogen-bond donors (Lipinski definition) is 0. The number of ketones is 1. The molecule has 2 heterocycles. The van der Waals surface area contributed by atoms with E-state index in [2.05, 4.69) is 11.9 Å². The summed E-state index contributed by atoms with van der Waals surface area (Å²) in [7, 11) is 0. The molecule has 0 aromatic carbocycles. The van der Waals surface area contributed by atoms with Gasteiger partial charge in [0, 0.05) is 30.8 Å². The molecule has 3 heteroatoms. The quantitative estimate of drug-likeness (QED) is 0.800. The third-order valence-corrected chi connectivity index (χ3v) is 3.44. The molecule has 0 bridgehead atoms. The van der Waals surface area contributed by atoms with Crippen LogP contribution in [0.3, 0.4) is 0 Å². The fourth-order valence-corrected chi connectivity index (χ4v) is 2.23. The van der Waals surface area contributed by atoms with E-state index in [1.807, 2.05) is 25.3 Å². The highest BCUT2D eigenvalue weighted by molar-refractivity contribution is 5.83. The minimum absolute atomic E-state index is 0.0580. The van der Waals surface area contributed by atoms with E-state index < -0.39 is 0 Å². The molecule has 2 rings (SSSR count). The summed E-state index contributed by atoms with van der Waals surface area (Å²) in [5, 5.41) is 0. The van der Waals surface area contributed by atoms with Crippen molar-refractivity contribution in [2.45, 2.75) is 39.2 Å². The number of carbonyl (C=O) groups is 1. The molecule has 0 N–H and O–H groups in total. The zero-order chi connectivity index (χ0) is 12.3. The molecule has 0 amide bonds. The van der Waals surface area contributed by atoms with Crippen LogP contribution in [0, 0.1) is 5.92 Å². The fourth-order valence-electron chi connectivity index (χ4n) is 2.23. The van der Waals surface area contributed by atoms with E-state index in [0.29, 0.717) is 13.0 Å². The summed E-state index contributed by atoms with van der Waals surface area (Å²) in [6.45, 7) is 4.78. The first-order valence-corrected chi connectivity index (χ1v) is 6.29. The highest BCUT2D eigenvalue weighted by Crippen LogP contribution is 2.22. The lowest BCUT2D eigenvalue weighted by Crippen LogP contribution is -2.23. The van der Waals surface area contributed by atoms with Gasteiger partial charge in [0.25, 0.3) is 0 Å². The van der Waals surface area contributed by atoms with Crippen LogP contribution in [-0.4, -0.2) is 23.5 Å². The second kappa shape index (κ2) is 5.41. The largest absolute Gasteiger partial charge is 0.378 e. The Morgan fingerprint density at radius 2 is 2.35 bits per heavy atom. The molecule has 1 aromatic heterocycles. The Kier molecular flexibility index (Phi) is 3.89. The van der Waals surface area contributed by atoms with E-state index >= 15 is 0 Å². The molecule has 92 valence electrons. The maximum absolute atomic E-state index is 12.1. The third-order valence-electron chi connectivity index (χ3n) is 3.44. The first-order valence-electron chi connectivity index (χ1n) is 6.29. The van der Waals surface area contributed by atoms with E-state index in [1.54, 1.807) is 0 Å². The van der Waals surface area contributed by atoms with E-state index in [9.17, 15) is 4.79 Å². The first kappa shape index (κ1) is 12.2. The van der Waals surface area contributed by atoms with Crippen LogP contribution in [0.1, 0.15) is 31.5 Å². The van der Waals surface area contributed by atoms with Gasteiger partial charge in [-0.25, -0.2) is 0 Å². The Morgan fingerprint density at radius 3 is 2.88 bits per heavy atom. The first-order chi connectivity index (χ1) is 8.20. The van der Waals surface area contributed by atoms with Gasteiger partial charge in [0.1, 0.15) is 5.78 Å². The molecule has 0 radical (unpaired) electrons. The van der Waals surface area contributed by atoms with Gasteiger partial charge in [-0.2, -0.15) is 0 Å².